The summed E-state index contributed by atoms with van der Waals surface area (Å²) in [4.78, 5) is 0. The fraction of sp³-hybridized carbons (Fsp3) is 0. The van der Waals surface area contributed by atoms with E-state index in [2.05, 4.69) is 10.7 Å². The minimum absolute atomic E-state index is 3.72. The molecule has 0 aromatic rings. The van der Waals surface area contributed by atoms with Crippen molar-refractivity contribution in [1.82, 2.24) is 0 Å². The Hall–Kier alpha value is 0.300. The molecule has 0 amide bonds. The van der Waals surface area contributed by atoms with E-state index in [1.165, 1.54) is 0 Å². The molecule has 32 valence electrons. The Kier molecular flexibility index (Phi) is 1.25. The number of hydrogen-bond donors (Lipinski definition) is 0. The predicted octanol–water partition coefficient (Wildman–Crippen LogP) is 1.41. The molecule has 0 heterocycles. The van der Waals surface area contributed by atoms with E-state index in [4.69, 9.17) is 4.21 Å². The van der Waals surface area contributed by atoms with E-state index in [0.29, 0.717) is 0 Å². The summed E-state index contributed by atoms with van der Waals surface area (Å²) in [6.45, 7) is 0. The van der Waals surface area contributed by atoms with Crippen LogP contribution in [0.5, 0.6) is 0 Å². The maximum atomic E-state index is 10.3. The second-order valence-electron chi connectivity index (χ2n) is 0.364. The number of halogens is 3. The van der Waals surface area contributed by atoms with Gasteiger partial charge in [0, 0.05) is 4.21 Å². The number of rotatable bonds is 0. The normalized spacial score (nSPS) is 11.8. The van der Waals surface area contributed by atoms with Crippen LogP contribution in [0.3, 0.4) is 0 Å². The summed E-state index contributed by atoms with van der Waals surface area (Å²) in [5.41, 5.74) is 0. The van der Waals surface area contributed by atoms with Gasteiger partial charge in [-0.15, -0.1) is 0 Å². The Morgan fingerprint density at radius 2 is 1.60 bits per heavy atom. The Bertz CT molecular complexity index is 55.8. The van der Waals surface area contributed by atoms with E-state index >= 15 is 0 Å². The first-order valence-corrected chi connectivity index (χ1v) is 2.81. The molecule has 0 fully saturated rings. The molecule has 0 unspecified atom stereocenters. The highest BCUT2D eigenvalue weighted by molar-refractivity contribution is 8.15. The fourth-order valence-corrected chi connectivity index (χ4v) is 0. The van der Waals surface area contributed by atoms with Crippen molar-refractivity contribution in [1.29, 1.82) is 0 Å². The molecule has 0 saturated heterocycles. The highest BCUT2D eigenvalue weighted by Gasteiger charge is 2.23. The van der Waals surface area contributed by atoms with Crippen molar-refractivity contribution in [2.75, 3.05) is 0 Å². The average Bonchev–Trinajstić information content (AvgIpc) is 0.722. The Morgan fingerprint density at radius 1 is 1.60 bits per heavy atom. The second-order valence-corrected chi connectivity index (χ2v) is 2.17. The molecule has 0 N–H and O–H groups in total. The van der Waals surface area contributed by atoms with Crippen molar-refractivity contribution >= 4 is 20.6 Å². The van der Waals surface area contributed by atoms with Crippen molar-refractivity contribution in [3.8, 4) is 0 Å². The van der Waals surface area contributed by atoms with E-state index in [1.54, 1.807) is 0 Å². The molecular weight excluding hydrogens is 122 g/mol. The van der Waals surface area contributed by atoms with Crippen LogP contribution in [-0.2, 0) is 14.1 Å². The lowest BCUT2D eigenvalue weighted by molar-refractivity contribution is 0.531. The quantitative estimate of drug-likeness (QED) is 0.350. The summed E-state index contributed by atoms with van der Waals surface area (Å²) in [5, 5.41) is 0. The first-order chi connectivity index (χ1) is 2.00. The molecule has 0 aliphatic carbocycles. The zero-order valence-electron chi connectivity index (χ0n) is 1.95. The summed E-state index contributed by atoms with van der Waals surface area (Å²) >= 11 is 0. The van der Waals surface area contributed by atoms with Gasteiger partial charge >= 0.3 is 9.92 Å². The van der Waals surface area contributed by atoms with Gasteiger partial charge in [0.1, 0.15) is 0 Å². The molecule has 0 radical (unpaired) electrons. The smallest absolute Gasteiger partial charge is 0.00596 e. The van der Waals surface area contributed by atoms with Gasteiger partial charge in [0.05, 0.1) is 7.77 Å². The zero-order chi connectivity index (χ0) is 4.50. The third kappa shape index (κ3) is 253. The third-order valence-electron chi connectivity index (χ3n) is 0. The standard InChI is InChI=1S/ClF2OS/c1-5(2,3)4/q+1. The largest absolute Gasteiger partial charge is 0.555 e. The lowest BCUT2D eigenvalue weighted by atomic mass is 16.0. The molecule has 0 spiro atoms. The summed E-state index contributed by atoms with van der Waals surface area (Å²) in [6.07, 6.45) is 0. The van der Waals surface area contributed by atoms with E-state index < -0.39 is 9.92 Å². The molecule has 0 aliphatic rings. The van der Waals surface area contributed by atoms with Gasteiger partial charge in [0.25, 0.3) is 10.7 Å². The van der Waals surface area contributed by atoms with E-state index in [0.717, 1.165) is 0 Å². The molecule has 0 aromatic carbocycles. The maximum absolute atomic E-state index is 10.3. The van der Waals surface area contributed by atoms with Crippen molar-refractivity contribution in [3.05, 3.63) is 0 Å². The van der Waals surface area contributed by atoms with Crippen LogP contribution in [0.25, 0.3) is 0 Å². The van der Waals surface area contributed by atoms with Gasteiger partial charge in [-0.2, -0.15) is 0 Å². The van der Waals surface area contributed by atoms with Crippen molar-refractivity contribution in [2.24, 2.45) is 0 Å². The van der Waals surface area contributed by atoms with Crippen molar-refractivity contribution in [2.45, 2.75) is 0 Å². The van der Waals surface area contributed by atoms with Crippen LogP contribution in [-0.4, -0.2) is 0 Å². The van der Waals surface area contributed by atoms with Gasteiger partial charge in [-0.3, -0.25) is 0 Å². The Morgan fingerprint density at radius 3 is 1.60 bits per heavy atom. The molecule has 0 rings (SSSR count). The molecule has 5 heavy (non-hydrogen) atoms. The first kappa shape index (κ1) is 5.30. The predicted molar refractivity (Wildman–Crippen MR) is 16.1 cm³/mol. The summed E-state index contributed by atoms with van der Waals surface area (Å²) in [6, 6.07) is 0. The first-order valence-electron chi connectivity index (χ1n) is 0.630. The van der Waals surface area contributed by atoms with Gasteiger partial charge in [-0.1, -0.05) is 0 Å². The molecule has 0 saturated carbocycles. The van der Waals surface area contributed by atoms with Gasteiger partial charge in [-0.05, 0) is 0 Å². The van der Waals surface area contributed by atoms with Crippen LogP contribution in [0.2, 0.25) is 0 Å². The molecule has 1 nitrogen and oxygen atoms in total. The van der Waals surface area contributed by atoms with Crippen LogP contribution in [0, 0.1) is 0 Å². The van der Waals surface area contributed by atoms with Crippen molar-refractivity contribution < 1.29 is 12.0 Å². The minimum atomic E-state index is -4.94. The van der Waals surface area contributed by atoms with Crippen LogP contribution in [0.4, 0.5) is 7.77 Å². The van der Waals surface area contributed by atoms with Gasteiger partial charge < -0.3 is 0 Å². The van der Waals surface area contributed by atoms with E-state index in [9.17, 15) is 7.77 Å². The topological polar surface area (TPSA) is 17.1 Å². The molecule has 0 bridgehead atoms. The van der Waals surface area contributed by atoms with Crippen LogP contribution in [0.15, 0.2) is 0 Å². The summed E-state index contributed by atoms with van der Waals surface area (Å²) in [5.74, 6) is 0. The average molecular weight is 122 g/mol. The van der Waals surface area contributed by atoms with Crippen LogP contribution in [0.1, 0.15) is 0 Å². The van der Waals surface area contributed by atoms with Gasteiger partial charge in [0.2, 0.25) is 0 Å². The molecule has 0 aliphatic heterocycles. The third-order valence-corrected chi connectivity index (χ3v) is 0. The minimum Gasteiger partial charge on any atom is 0.00596 e. The van der Waals surface area contributed by atoms with Crippen molar-refractivity contribution in [3.63, 3.8) is 0 Å². The molecule has 5 heteroatoms. The molecule has 0 atom stereocenters. The molecule has 0 aromatic heterocycles. The number of hydrogen-bond acceptors (Lipinski definition) is 1. The van der Waals surface area contributed by atoms with E-state index in [-0.39, 0.29) is 0 Å². The Labute approximate surface area is 33.4 Å². The SMILES string of the molecule is O=[S+](F)(F)Cl. The van der Waals surface area contributed by atoms with Crippen LogP contribution < -0.4 is 0 Å². The fourth-order valence-electron chi connectivity index (χ4n) is 0. The van der Waals surface area contributed by atoms with Gasteiger partial charge in [-0.25, -0.2) is 0 Å². The maximum Gasteiger partial charge on any atom is 0.555 e. The van der Waals surface area contributed by atoms with Crippen LogP contribution >= 0.6 is 10.7 Å². The lowest BCUT2D eigenvalue weighted by Gasteiger charge is -1.54. The van der Waals surface area contributed by atoms with E-state index in [1.807, 2.05) is 0 Å². The zero-order valence-corrected chi connectivity index (χ0v) is 3.52. The summed E-state index contributed by atoms with van der Waals surface area (Å²) < 4.78 is 29.2. The van der Waals surface area contributed by atoms with Gasteiger partial charge in [0.15, 0.2) is 0 Å². The highest BCUT2D eigenvalue weighted by atomic mass is 35.7. The highest BCUT2D eigenvalue weighted by Crippen LogP contribution is 2.11. The molecular formula is ClF2OS+. The lowest BCUT2D eigenvalue weighted by Crippen LogP contribution is -1.69. The second kappa shape index (κ2) is 1.18. The Balaban J connectivity index is 3.47. The summed E-state index contributed by atoms with van der Waals surface area (Å²) in [7, 11) is -1.22. The monoisotopic (exact) mass is 121 g/mol.